The number of rotatable bonds is 5. The first-order chi connectivity index (χ1) is 15.7. The maximum Gasteiger partial charge on any atom is 0.422 e. The Labute approximate surface area is 210 Å². The number of fused-ring (bicyclic) bond motifs is 2. The maximum atomic E-state index is 12.4. The molecule has 0 saturated carbocycles. The monoisotopic (exact) mass is 610 g/mol. The molecule has 1 amide bonds. The minimum absolute atomic E-state index is 0.178. The molecule has 0 spiro atoms. The Balaban J connectivity index is 1.54. The van der Waals surface area contributed by atoms with Gasteiger partial charge in [0.15, 0.2) is 12.0 Å². The van der Waals surface area contributed by atoms with Gasteiger partial charge in [-0.3, -0.25) is 0 Å². The fourth-order valence-corrected chi connectivity index (χ4v) is 5.47. The van der Waals surface area contributed by atoms with Gasteiger partial charge in [0.05, 0.1) is 5.39 Å². The van der Waals surface area contributed by atoms with Crippen molar-refractivity contribution < 1.29 is 32.2 Å². The number of aromatic nitrogens is 3. The van der Waals surface area contributed by atoms with E-state index in [0.29, 0.717) is 16.9 Å². The Kier molecular flexibility index (Phi) is 6.48. The summed E-state index contributed by atoms with van der Waals surface area (Å²) in [6.07, 6.45) is -0.425. The summed E-state index contributed by atoms with van der Waals surface area (Å²) >= 11 is 2.14. The number of hydrogen-bond acceptors (Lipinski definition) is 10. The predicted molar refractivity (Wildman–Crippen MR) is 129 cm³/mol. The molecular formula is C19H27IN6O7S. The van der Waals surface area contributed by atoms with Crippen molar-refractivity contribution in [1.82, 2.24) is 24.0 Å². The maximum absolute atomic E-state index is 12.4. The van der Waals surface area contributed by atoms with Crippen molar-refractivity contribution >= 4 is 55.7 Å². The van der Waals surface area contributed by atoms with Crippen LogP contribution in [0.25, 0.3) is 11.0 Å². The van der Waals surface area contributed by atoms with Gasteiger partial charge >= 0.3 is 16.3 Å². The van der Waals surface area contributed by atoms with Gasteiger partial charge in [-0.25, -0.2) is 19.5 Å². The normalized spacial score (nSPS) is 26.5. The standard InChI is InChI=1S/C19H27IN6O7S/c1-18(2,3)33-17(27)25-34(28,29)24-6-10-12-13(32-19(4,5)31-12)16(30-10)26-7-9(20)11-14(21)22-8-23-15(11)26/h7-8,10,12-13,16,24H,6H2,1-5H3,(H,25,27)(H2,21,22,23)/t10-,12-,13-,16-/m1/s1. The summed E-state index contributed by atoms with van der Waals surface area (Å²) < 4.78 is 54.8. The highest BCUT2D eigenvalue weighted by Gasteiger charge is 2.56. The van der Waals surface area contributed by atoms with Crippen LogP contribution in [-0.2, 0) is 29.2 Å². The van der Waals surface area contributed by atoms with Crippen molar-refractivity contribution in [1.29, 1.82) is 0 Å². The molecule has 0 unspecified atom stereocenters. The number of amides is 1. The van der Waals surface area contributed by atoms with Crippen LogP contribution in [0.2, 0.25) is 0 Å². The lowest BCUT2D eigenvalue weighted by Crippen LogP contribution is -2.47. The molecule has 2 aromatic rings. The van der Waals surface area contributed by atoms with E-state index in [1.54, 1.807) is 39.2 Å². The Morgan fingerprint density at radius 2 is 1.97 bits per heavy atom. The molecule has 15 heteroatoms. The van der Waals surface area contributed by atoms with E-state index < -0.39 is 52.2 Å². The van der Waals surface area contributed by atoms with Crippen LogP contribution in [0.4, 0.5) is 10.6 Å². The van der Waals surface area contributed by atoms with Crippen molar-refractivity contribution in [3.05, 3.63) is 16.1 Å². The van der Waals surface area contributed by atoms with Gasteiger partial charge in [-0.15, -0.1) is 0 Å². The van der Waals surface area contributed by atoms with Gasteiger partial charge in [0, 0.05) is 16.3 Å². The smallest absolute Gasteiger partial charge is 0.422 e. The van der Waals surface area contributed by atoms with Crippen molar-refractivity contribution in [2.75, 3.05) is 12.3 Å². The van der Waals surface area contributed by atoms with E-state index in [2.05, 4.69) is 37.3 Å². The quantitative estimate of drug-likeness (QED) is 0.421. The van der Waals surface area contributed by atoms with Crippen LogP contribution in [0, 0.1) is 3.57 Å². The molecule has 2 aliphatic heterocycles. The van der Waals surface area contributed by atoms with E-state index >= 15 is 0 Å². The Morgan fingerprint density at radius 1 is 1.29 bits per heavy atom. The zero-order valence-corrected chi connectivity index (χ0v) is 22.2. The highest BCUT2D eigenvalue weighted by atomic mass is 127. The summed E-state index contributed by atoms with van der Waals surface area (Å²) in [7, 11) is -4.21. The molecule has 2 fully saturated rings. The molecule has 188 valence electrons. The minimum atomic E-state index is -4.21. The lowest BCUT2D eigenvalue weighted by molar-refractivity contribution is -0.195. The predicted octanol–water partition coefficient (Wildman–Crippen LogP) is 1.39. The molecule has 0 aliphatic carbocycles. The minimum Gasteiger partial charge on any atom is -0.443 e. The van der Waals surface area contributed by atoms with E-state index in [-0.39, 0.29) is 6.54 Å². The second kappa shape index (κ2) is 8.70. The number of carbonyl (C=O) groups is 1. The van der Waals surface area contributed by atoms with Gasteiger partial charge in [0.1, 0.15) is 41.7 Å². The molecular weight excluding hydrogens is 583 g/mol. The van der Waals surface area contributed by atoms with Crippen LogP contribution >= 0.6 is 22.6 Å². The molecule has 2 saturated heterocycles. The summed E-state index contributed by atoms with van der Waals surface area (Å²) in [6, 6.07) is 0. The van der Waals surface area contributed by atoms with Crippen LogP contribution < -0.4 is 15.2 Å². The molecule has 2 aliphatic rings. The van der Waals surface area contributed by atoms with Gasteiger partial charge < -0.3 is 29.2 Å². The van der Waals surface area contributed by atoms with Crippen molar-refractivity contribution in [3.63, 3.8) is 0 Å². The van der Waals surface area contributed by atoms with Crippen LogP contribution in [0.5, 0.6) is 0 Å². The number of halogens is 1. The van der Waals surface area contributed by atoms with E-state index in [1.165, 1.54) is 6.33 Å². The number of hydrogen-bond donors (Lipinski definition) is 3. The van der Waals surface area contributed by atoms with Gasteiger partial charge in [-0.1, -0.05) is 0 Å². The molecule has 4 heterocycles. The summed E-state index contributed by atoms with van der Waals surface area (Å²) in [5, 5.41) is 0.687. The fraction of sp³-hybridized carbons (Fsp3) is 0.632. The number of anilines is 1. The Bertz CT molecular complexity index is 1210. The van der Waals surface area contributed by atoms with Crippen LogP contribution in [0.15, 0.2) is 12.5 Å². The van der Waals surface area contributed by atoms with Crippen LogP contribution in [-0.4, -0.2) is 65.3 Å². The highest BCUT2D eigenvalue weighted by Crippen LogP contribution is 2.44. The van der Waals surface area contributed by atoms with Gasteiger partial charge in [-0.05, 0) is 57.2 Å². The third-order valence-electron chi connectivity index (χ3n) is 5.08. The number of nitrogens with one attached hydrogen (secondary N) is 2. The van der Waals surface area contributed by atoms with E-state index in [9.17, 15) is 13.2 Å². The topological polar surface area (TPSA) is 169 Å². The molecule has 2 aromatic heterocycles. The molecule has 4 atom stereocenters. The number of nitrogen functional groups attached to an aromatic ring is 1. The molecule has 13 nitrogen and oxygen atoms in total. The van der Waals surface area contributed by atoms with Crippen molar-refractivity contribution in [2.24, 2.45) is 0 Å². The average molecular weight is 610 g/mol. The Hall–Kier alpha value is -1.79. The van der Waals surface area contributed by atoms with Gasteiger partial charge in [0.2, 0.25) is 0 Å². The summed E-state index contributed by atoms with van der Waals surface area (Å²) in [6.45, 7) is 8.24. The lowest BCUT2D eigenvalue weighted by atomic mass is 10.1. The number of carbonyl (C=O) groups excluding carboxylic acids is 1. The van der Waals surface area contributed by atoms with Gasteiger partial charge in [-0.2, -0.15) is 13.1 Å². The molecule has 4 N–H and O–H groups in total. The summed E-state index contributed by atoms with van der Waals surface area (Å²) in [5.41, 5.74) is 5.74. The van der Waals surface area contributed by atoms with Crippen LogP contribution in [0.1, 0.15) is 40.8 Å². The molecule has 0 aromatic carbocycles. The number of nitrogens with zero attached hydrogens (tertiary/aromatic N) is 3. The first-order valence-electron chi connectivity index (χ1n) is 10.4. The number of ether oxygens (including phenoxy) is 4. The Morgan fingerprint density at radius 3 is 2.65 bits per heavy atom. The van der Waals surface area contributed by atoms with Crippen molar-refractivity contribution in [3.8, 4) is 0 Å². The third kappa shape index (κ3) is 5.23. The van der Waals surface area contributed by atoms with Crippen molar-refractivity contribution in [2.45, 2.75) is 70.5 Å². The third-order valence-corrected chi connectivity index (χ3v) is 6.88. The second-order valence-electron chi connectivity index (χ2n) is 9.43. The highest BCUT2D eigenvalue weighted by molar-refractivity contribution is 14.1. The largest absolute Gasteiger partial charge is 0.443 e. The molecule has 34 heavy (non-hydrogen) atoms. The molecule has 0 radical (unpaired) electrons. The second-order valence-corrected chi connectivity index (χ2v) is 12.1. The zero-order valence-electron chi connectivity index (χ0n) is 19.2. The average Bonchev–Trinajstić information content (AvgIpc) is 3.27. The zero-order chi connectivity index (χ0) is 25.1. The molecule has 0 bridgehead atoms. The SMILES string of the molecule is CC(C)(C)OC(=O)NS(=O)(=O)NC[C@H]1O[C@@H](n2cc(I)c3c(N)ncnc32)[C@@H]2OC(C)(C)O[C@@H]21. The van der Waals surface area contributed by atoms with Gasteiger partial charge in [0.25, 0.3) is 0 Å². The molecule has 4 rings (SSSR count). The van der Waals surface area contributed by atoms with E-state index in [1.807, 2.05) is 10.9 Å². The summed E-state index contributed by atoms with van der Waals surface area (Å²) in [4.78, 5) is 20.3. The summed E-state index contributed by atoms with van der Waals surface area (Å²) in [5.74, 6) is -0.572. The number of nitrogens with two attached hydrogens (primary N) is 1. The van der Waals surface area contributed by atoms with Crippen LogP contribution in [0.3, 0.4) is 0 Å². The first kappa shape index (κ1) is 25.3. The lowest BCUT2D eigenvalue weighted by Gasteiger charge is -2.25. The first-order valence-corrected chi connectivity index (χ1v) is 13.0. The van der Waals surface area contributed by atoms with E-state index in [4.69, 9.17) is 24.7 Å². The van der Waals surface area contributed by atoms with E-state index in [0.717, 1.165) is 3.57 Å². The fourth-order valence-electron chi connectivity index (χ4n) is 3.94.